The molecular weight excluding hydrogens is 270 g/mol. The van der Waals surface area contributed by atoms with Gasteiger partial charge in [-0.25, -0.2) is 0 Å². The van der Waals surface area contributed by atoms with Crippen molar-refractivity contribution in [2.24, 2.45) is 0 Å². The molecule has 1 aliphatic rings. The van der Waals surface area contributed by atoms with Crippen LogP contribution in [0, 0.1) is 13.8 Å². The number of thiol groups is 1. The summed E-state index contributed by atoms with van der Waals surface area (Å²) in [6.07, 6.45) is 4.82. The molecule has 0 aromatic heterocycles. The highest BCUT2D eigenvalue weighted by Crippen LogP contribution is 2.23. The zero-order valence-corrected chi connectivity index (χ0v) is 13.7. The first kappa shape index (κ1) is 17.3. The van der Waals surface area contributed by atoms with Crippen LogP contribution in [0.2, 0.25) is 0 Å². The summed E-state index contributed by atoms with van der Waals surface area (Å²) in [5.74, 6) is 0.901. The van der Waals surface area contributed by atoms with Crippen molar-refractivity contribution in [2.75, 3.05) is 20.3 Å². The normalized spacial score (nSPS) is 18.1. The van der Waals surface area contributed by atoms with Crippen LogP contribution in [0.3, 0.4) is 0 Å². The lowest BCUT2D eigenvalue weighted by Crippen LogP contribution is -2.34. The zero-order chi connectivity index (χ0) is 15.0. The first-order chi connectivity index (χ1) is 9.58. The molecule has 0 aliphatic carbocycles. The number of aliphatic hydroxyl groups is 1. The molecule has 20 heavy (non-hydrogen) atoms. The molecular formula is C16H27NO2S. The summed E-state index contributed by atoms with van der Waals surface area (Å²) in [5, 5.41) is 11.9. The predicted molar refractivity (Wildman–Crippen MR) is 87.1 cm³/mol. The Balaban J connectivity index is 0.000000204. The molecule has 2 N–H and O–H groups in total. The average molecular weight is 297 g/mol. The van der Waals surface area contributed by atoms with Crippen molar-refractivity contribution in [1.82, 2.24) is 5.32 Å². The van der Waals surface area contributed by atoms with Crippen LogP contribution in [0.25, 0.3) is 0 Å². The predicted octanol–water partition coefficient (Wildman–Crippen LogP) is 3.11. The van der Waals surface area contributed by atoms with Crippen molar-refractivity contribution in [3.8, 4) is 5.75 Å². The van der Waals surface area contributed by atoms with Crippen molar-refractivity contribution in [2.45, 2.75) is 50.5 Å². The number of ether oxygens (including phenoxy) is 1. The van der Waals surface area contributed by atoms with Crippen molar-refractivity contribution in [3.63, 3.8) is 0 Å². The molecule has 1 unspecified atom stereocenters. The van der Waals surface area contributed by atoms with E-state index in [1.165, 1.54) is 19.3 Å². The van der Waals surface area contributed by atoms with Gasteiger partial charge in [-0.2, -0.15) is 0 Å². The number of piperidine rings is 1. The molecule has 1 atom stereocenters. The van der Waals surface area contributed by atoms with E-state index in [4.69, 9.17) is 9.84 Å². The fraction of sp³-hybridized carbons (Fsp3) is 0.625. The third-order valence-electron chi connectivity index (χ3n) is 3.59. The Hall–Kier alpha value is -0.710. The SMILES string of the molecule is COc1cc(C)c(S)c(C)c1.OCCC1CCCCN1. The van der Waals surface area contributed by atoms with E-state index in [0.29, 0.717) is 12.6 Å². The summed E-state index contributed by atoms with van der Waals surface area (Å²) in [6.45, 7) is 5.53. The molecule has 1 heterocycles. The van der Waals surface area contributed by atoms with Gasteiger partial charge in [0.15, 0.2) is 0 Å². The zero-order valence-electron chi connectivity index (χ0n) is 12.8. The largest absolute Gasteiger partial charge is 0.497 e. The molecule has 1 aliphatic heterocycles. The molecule has 0 radical (unpaired) electrons. The molecule has 1 saturated heterocycles. The highest BCUT2D eigenvalue weighted by atomic mass is 32.1. The molecule has 1 aromatic carbocycles. The fourth-order valence-electron chi connectivity index (χ4n) is 2.36. The molecule has 1 aromatic rings. The van der Waals surface area contributed by atoms with Crippen molar-refractivity contribution in [1.29, 1.82) is 0 Å². The smallest absolute Gasteiger partial charge is 0.119 e. The molecule has 2 rings (SSSR count). The summed E-state index contributed by atoms with van der Waals surface area (Å²) in [6, 6.07) is 4.56. The van der Waals surface area contributed by atoms with Crippen LogP contribution in [-0.2, 0) is 0 Å². The Morgan fingerprint density at radius 1 is 1.30 bits per heavy atom. The molecule has 0 spiro atoms. The van der Waals surface area contributed by atoms with Crippen LogP contribution in [0.4, 0.5) is 0 Å². The van der Waals surface area contributed by atoms with Gasteiger partial charge in [0.05, 0.1) is 7.11 Å². The van der Waals surface area contributed by atoms with Crippen LogP contribution in [0.15, 0.2) is 17.0 Å². The number of aryl methyl sites for hydroxylation is 2. The number of nitrogens with one attached hydrogen (secondary N) is 1. The highest BCUT2D eigenvalue weighted by Gasteiger charge is 2.10. The minimum Gasteiger partial charge on any atom is -0.497 e. The third-order valence-corrected chi connectivity index (χ3v) is 4.30. The van der Waals surface area contributed by atoms with Gasteiger partial charge in [-0.1, -0.05) is 6.42 Å². The van der Waals surface area contributed by atoms with Gasteiger partial charge in [-0.05, 0) is 62.9 Å². The third kappa shape index (κ3) is 5.73. The highest BCUT2D eigenvalue weighted by molar-refractivity contribution is 7.80. The summed E-state index contributed by atoms with van der Waals surface area (Å²) in [7, 11) is 1.67. The van der Waals surface area contributed by atoms with Gasteiger partial charge in [0.25, 0.3) is 0 Å². The van der Waals surface area contributed by atoms with E-state index < -0.39 is 0 Å². The van der Waals surface area contributed by atoms with Gasteiger partial charge in [0.1, 0.15) is 5.75 Å². The molecule has 114 valence electrons. The Bertz CT molecular complexity index is 378. The van der Waals surface area contributed by atoms with Crippen molar-refractivity contribution >= 4 is 12.6 Å². The lowest BCUT2D eigenvalue weighted by molar-refractivity contribution is 0.250. The second-order valence-corrected chi connectivity index (χ2v) is 5.72. The van der Waals surface area contributed by atoms with E-state index in [1.807, 2.05) is 26.0 Å². The number of benzene rings is 1. The summed E-state index contributed by atoms with van der Waals surface area (Å²) >= 11 is 4.34. The average Bonchev–Trinajstić information content (AvgIpc) is 2.46. The van der Waals surface area contributed by atoms with Gasteiger partial charge in [-0.3, -0.25) is 0 Å². The van der Waals surface area contributed by atoms with Crippen LogP contribution in [-0.4, -0.2) is 31.4 Å². The van der Waals surface area contributed by atoms with E-state index in [9.17, 15) is 0 Å². The van der Waals surface area contributed by atoms with Crippen LogP contribution < -0.4 is 10.1 Å². The van der Waals surface area contributed by atoms with Crippen LogP contribution in [0.1, 0.15) is 36.8 Å². The lowest BCUT2D eigenvalue weighted by atomic mass is 10.0. The first-order valence-corrected chi connectivity index (χ1v) is 7.71. The van der Waals surface area contributed by atoms with E-state index in [1.54, 1.807) is 7.11 Å². The molecule has 0 amide bonds. The quantitative estimate of drug-likeness (QED) is 0.751. The number of hydrogen-bond acceptors (Lipinski definition) is 4. The van der Waals surface area contributed by atoms with Crippen molar-refractivity contribution < 1.29 is 9.84 Å². The summed E-state index contributed by atoms with van der Waals surface area (Å²) in [5.41, 5.74) is 2.32. The minimum absolute atomic E-state index is 0.331. The maximum atomic E-state index is 8.58. The summed E-state index contributed by atoms with van der Waals surface area (Å²) < 4.78 is 5.10. The first-order valence-electron chi connectivity index (χ1n) is 7.27. The molecule has 3 nitrogen and oxygen atoms in total. The number of rotatable bonds is 3. The van der Waals surface area contributed by atoms with E-state index in [-0.39, 0.29) is 0 Å². The molecule has 1 fully saturated rings. The Labute approximate surface area is 128 Å². The van der Waals surface area contributed by atoms with Gasteiger partial charge in [-0.15, -0.1) is 12.6 Å². The minimum atomic E-state index is 0.331. The monoisotopic (exact) mass is 297 g/mol. The maximum Gasteiger partial charge on any atom is 0.119 e. The van der Waals surface area contributed by atoms with Crippen LogP contribution >= 0.6 is 12.6 Å². The Kier molecular flexibility index (Phi) is 8.04. The standard InChI is InChI=1S/C9H12OS.C7H15NO/c1-6-4-8(10-3)5-7(2)9(6)11;9-6-4-7-3-1-2-5-8-7/h4-5,11H,1-3H3;7-9H,1-6H2. The van der Waals surface area contributed by atoms with Gasteiger partial charge < -0.3 is 15.2 Å². The van der Waals surface area contributed by atoms with Gasteiger partial charge in [0.2, 0.25) is 0 Å². The number of aliphatic hydroxyl groups excluding tert-OH is 1. The Morgan fingerprint density at radius 2 is 1.95 bits per heavy atom. The topological polar surface area (TPSA) is 41.5 Å². The maximum absolute atomic E-state index is 8.58. The molecule has 0 saturated carbocycles. The molecule has 4 heteroatoms. The number of methoxy groups -OCH3 is 1. The van der Waals surface area contributed by atoms with Crippen LogP contribution in [0.5, 0.6) is 5.75 Å². The lowest BCUT2D eigenvalue weighted by Gasteiger charge is -2.22. The van der Waals surface area contributed by atoms with Crippen molar-refractivity contribution in [3.05, 3.63) is 23.3 Å². The van der Waals surface area contributed by atoms with E-state index in [0.717, 1.165) is 34.7 Å². The van der Waals surface area contributed by atoms with E-state index in [2.05, 4.69) is 17.9 Å². The second-order valence-electron chi connectivity index (χ2n) is 5.27. The molecule has 0 bridgehead atoms. The van der Waals surface area contributed by atoms with E-state index >= 15 is 0 Å². The number of hydrogen-bond donors (Lipinski definition) is 3. The Morgan fingerprint density at radius 3 is 2.40 bits per heavy atom. The van der Waals surface area contributed by atoms with Gasteiger partial charge in [0, 0.05) is 17.5 Å². The fourth-order valence-corrected chi connectivity index (χ4v) is 2.49. The second kappa shape index (κ2) is 9.27. The van der Waals surface area contributed by atoms with Gasteiger partial charge >= 0.3 is 0 Å². The summed E-state index contributed by atoms with van der Waals surface area (Å²) in [4.78, 5) is 1.05.